The molecule has 0 saturated heterocycles. The number of benzene rings is 1. The maximum absolute atomic E-state index is 13.3. The molecule has 0 radical (unpaired) electrons. The van der Waals surface area contributed by atoms with Gasteiger partial charge in [0.1, 0.15) is 5.82 Å². The summed E-state index contributed by atoms with van der Waals surface area (Å²) in [5, 5.41) is 17.1. The van der Waals surface area contributed by atoms with E-state index in [4.69, 9.17) is 9.72 Å². The Kier molecular flexibility index (Phi) is 6.74. The van der Waals surface area contributed by atoms with Gasteiger partial charge in [0.15, 0.2) is 0 Å². The summed E-state index contributed by atoms with van der Waals surface area (Å²) in [7, 11) is 1.33. The highest BCUT2D eigenvalue weighted by atomic mass is 19.4. The molecule has 3 aromatic rings. The normalized spacial score (nSPS) is 21.8. The van der Waals surface area contributed by atoms with Gasteiger partial charge in [-0.15, -0.1) is 0 Å². The molecule has 12 heteroatoms. The van der Waals surface area contributed by atoms with Crippen molar-refractivity contribution in [3.05, 3.63) is 47.0 Å². The Bertz CT molecular complexity index is 1390. The molecule has 3 heterocycles. The molecule has 3 atom stereocenters. The number of anilines is 1. The predicted octanol–water partition coefficient (Wildman–Crippen LogP) is 5.16. The lowest BCUT2D eigenvalue weighted by Crippen LogP contribution is -2.42. The number of nitrogens with zero attached hydrogens (tertiary/aromatic N) is 5. The average Bonchev–Trinajstić information content (AvgIpc) is 3.25. The number of ether oxygens (including phenoxy) is 1. The topological polar surface area (TPSA) is 110 Å². The smallest absolute Gasteiger partial charge is 0.418 e. The van der Waals surface area contributed by atoms with Crippen LogP contribution in [0.2, 0.25) is 0 Å². The van der Waals surface area contributed by atoms with E-state index in [1.165, 1.54) is 7.11 Å². The molecule has 0 unspecified atom stereocenters. The highest BCUT2D eigenvalue weighted by Crippen LogP contribution is 2.41. The number of methoxy groups -OCH3 is 1. The number of amides is 1. The molecule has 0 bridgehead atoms. The zero-order chi connectivity index (χ0) is 27.2. The van der Waals surface area contributed by atoms with E-state index in [-0.39, 0.29) is 24.2 Å². The number of rotatable bonds is 4. The van der Waals surface area contributed by atoms with E-state index in [0.717, 1.165) is 23.6 Å². The summed E-state index contributed by atoms with van der Waals surface area (Å²) in [4.78, 5) is 30.8. The minimum atomic E-state index is -4.56. The van der Waals surface area contributed by atoms with Crippen LogP contribution in [0.15, 0.2) is 24.4 Å². The van der Waals surface area contributed by atoms with E-state index >= 15 is 0 Å². The third-order valence-electron chi connectivity index (χ3n) is 7.63. The molecule has 202 valence electrons. The van der Waals surface area contributed by atoms with E-state index in [9.17, 15) is 27.9 Å². The summed E-state index contributed by atoms with van der Waals surface area (Å²) in [5.41, 5.74) is 2.16. The first kappa shape index (κ1) is 25.9. The van der Waals surface area contributed by atoms with Crippen LogP contribution in [0.5, 0.6) is 0 Å². The van der Waals surface area contributed by atoms with E-state index in [1.54, 1.807) is 4.90 Å². The van der Waals surface area contributed by atoms with Gasteiger partial charge in [0.25, 0.3) is 0 Å². The van der Waals surface area contributed by atoms with Crippen molar-refractivity contribution in [2.24, 2.45) is 5.92 Å². The monoisotopic (exact) mass is 531 g/mol. The highest BCUT2D eigenvalue weighted by molar-refractivity contribution is 5.95. The average molecular weight is 532 g/mol. The second kappa shape index (κ2) is 9.88. The van der Waals surface area contributed by atoms with Gasteiger partial charge in [-0.2, -0.15) is 23.4 Å². The Morgan fingerprint density at radius 3 is 2.71 bits per heavy atom. The number of alkyl halides is 3. The predicted molar refractivity (Wildman–Crippen MR) is 131 cm³/mol. The molecule has 1 aromatic carbocycles. The van der Waals surface area contributed by atoms with Crippen molar-refractivity contribution in [1.82, 2.24) is 19.7 Å². The van der Waals surface area contributed by atoms with Crippen LogP contribution in [0.1, 0.15) is 67.7 Å². The van der Waals surface area contributed by atoms with Crippen molar-refractivity contribution < 1.29 is 32.6 Å². The number of hydrogen-bond acceptors (Lipinski definition) is 6. The standard InChI is InChI=1S/C26H28F3N5O4/c1-14-6-7-19-20(33(14)25(37)38-2)8-9-21-23(19)31-22(12-17-11-16(13-30-32-17)26(27,28)29)34(21)18-5-3-4-15(10-18)24(35)36/h8-9,11,13-15,18H,3-7,10,12H2,1-2H3,(H,35,36)/t14-,15+,18+/m0/s1. The number of aromatic nitrogens is 4. The molecule has 2 aliphatic rings. The van der Waals surface area contributed by atoms with Crippen LogP contribution in [0.4, 0.5) is 23.7 Å². The number of carboxylic acid groups (broad SMARTS) is 1. The number of hydrogen-bond donors (Lipinski definition) is 1. The molecule has 9 nitrogen and oxygen atoms in total. The van der Waals surface area contributed by atoms with Crippen LogP contribution in [-0.2, 0) is 28.5 Å². The van der Waals surface area contributed by atoms with Crippen LogP contribution in [0.3, 0.4) is 0 Å². The largest absolute Gasteiger partial charge is 0.481 e. The summed E-state index contributed by atoms with van der Waals surface area (Å²) < 4.78 is 47.0. The van der Waals surface area contributed by atoms with Gasteiger partial charge >= 0.3 is 18.2 Å². The summed E-state index contributed by atoms with van der Waals surface area (Å²) in [6.45, 7) is 1.94. The van der Waals surface area contributed by atoms with E-state index < -0.39 is 29.7 Å². The van der Waals surface area contributed by atoms with Gasteiger partial charge in [-0.25, -0.2) is 9.78 Å². The number of aliphatic carboxylic acids is 1. The van der Waals surface area contributed by atoms with E-state index in [0.29, 0.717) is 55.3 Å². The third kappa shape index (κ3) is 4.67. The summed E-state index contributed by atoms with van der Waals surface area (Å²) in [6, 6.07) is 4.38. The second-order valence-electron chi connectivity index (χ2n) is 10.0. The number of aryl methyl sites for hydroxylation is 1. The van der Waals surface area contributed by atoms with E-state index in [1.807, 2.05) is 23.6 Å². The van der Waals surface area contributed by atoms with Crippen molar-refractivity contribution in [1.29, 1.82) is 0 Å². The van der Waals surface area contributed by atoms with Gasteiger partial charge in [0, 0.05) is 17.6 Å². The van der Waals surface area contributed by atoms with Crippen LogP contribution >= 0.6 is 0 Å². The summed E-state index contributed by atoms with van der Waals surface area (Å²) in [5.74, 6) is -0.883. The molecule has 2 aromatic heterocycles. The Morgan fingerprint density at radius 1 is 1.21 bits per heavy atom. The van der Waals surface area contributed by atoms with Crippen molar-refractivity contribution in [2.75, 3.05) is 12.0 Å². The lowest BCUT2D eigenvalue weighted by Gasteiger charge is -2.34. The van der Waals surface area contributed by atoms with Gasteiger partial charge in [-0.05, 0) is 57.2 Å². The van der Waals surface area contributed by atoms with Crippen molar-refractivity contribution in [3.63, 3.8) is 0 Å². The molecule has 1 fully saturated rings. The second-order valence-corrected chi connectivity index (χ2v) is 10.0. The molecular weight excluding hydrogens is 503 g/mol. The first-order valence-corrected chi connectivity index (χ1v) is 12.6. The number of fused-ring (bicyclic) bond motifs is 3. The molecule has 1 amide bonds. The molecule has 1 N–H and O–H groups in total. The van der Waals surface area contributed by atoms with Gasteiger partial charge < -0.3 is 14.4 Å². The van der Waals surface area contributed by atoms with Gasteiger partial charge in [0.2, 0.25) is 0 Å². The van der Waals surface area contributed by atoms with Crippen molar-refractivity contribution in [3.8, 4) is 0 Å². The minimum absolute atomic E-state index is 0.00820. The van der Waals surface area contributed by atoms with Crippen LogP contribution in [0.25, 0.3) is 11.0 Å². The SMILES string of the molecule is COC(=O)N1c2ccc3c(nc(Cc4cc(C(F)(F)F)cnn4)n3[C@@H]3CCC[C@@H](C(=O)O)C3)c2CC[C@@H]1C. The van der Waals surface area contributed by atoms with Gasteiger partial charge in [-0.3, -0.25) is 9.69 Å². The summed E-state index contributed by atoms with van der Waals surface area (Å²) >= 11 is 0. The number of imidazole rings is 1. The molecule has 1 aliphatic carbocycles. The first-order valence-electron chi connectivity index (χ1n) is 12.6. The zero-order valence-electron chi connectivity index (χ0n) is 21.0. The highest BCUT2D eigenvalue weighted by Gasteiger charge is 2.35. The van der Waals surface area contributed by atoms with Crippen LogP contribution in [-0.4, -0.2) is 50.1 Å². The molecule has 0 spiro atoms. The fraction of sp³-hybridized carbons (Fsp3) is 0.500. The van der Waals surface area contributed by atoms with Crippen molar-refractivity contribution in [2.45, 2.75) is 70.1 Å². The quantitative estimate of drug-likeness (QED) is 0.495. The van der Waals surface area contributed by atoms with Crippen LogP contribution < -0.4 is 4.90 Å². The maximum Gasteiger partial charge on any atom is 0.418 e. The van der Waals surface area contributed by atoms with Gasteiger partial charge in [-0.1, -0.05) is 6.42 Å². The first-order chi connectivity index (χ1) is 18.1. The lowest BCUT2D eigenvalue weighted by atomic mass is 9.85. The molecular formula is C26H28F3N5O4. The fourth-order valence-corrected chi connectivity index (χ4v) is 5.79. The Hall–Kier alpha value is -3.70. The number of carbonyl (C=O) groups is 2. The summed E-state index contributed by atoms with van der Waals surface area (Å²) in [6.07, 6.45) is -0.615. The van der Waals surface area contributed by atoms with Gasteiger partial charge in [0.05, 0.1) is 53.6 Å². The Labute approximate surface area is 216 Å². The fourth-order valence-electron chi connectivity index (χ4n) is 5.79. The van der Waals surface area contributed by atoms with E-state index in [2.05, 4.69) is 10.2 Å². The minimum Gasteiger partial charge on any atom is -0.481 e. The Morgan fingerprint density at radius 2 is 2.00 bits per heavy atom. The van der Waals surface area contributed by atoms with Crippen LogP contribution in [0, 0.1) is 5.92 Å². The zero-order valence-corrected chi connectivity index (χ0v) is 21.0. The van der Waals surface area contributed by atoms with Crippen molar-refractivity contribution >= 4 is 28.8 Å². The number of halogens is 3. The molecule has 5 rings (SSSR count). The molecule has 38 heavy (non-hydrogen) atoms. The molecule has 1 saturated carbocycles. The lowest BCUT2D eigenvalue weighted by molar-refractivity contribution is -0.143. The number of carbonyl (C=O) groups excluding carboxylic acids is 1. The number of carboxylic acids is 1. The maximum atomic E-state index is 13.3. The Balaban J connectivity index is 1.65. The third-order valence-corrected chi connectivity index (χ3v) is 7.63. The molecule has 1 aliphatic heterocycles.